The van der Waals surface area contributed by atoms with Crippen LogP contribution in [0.5, 0.6) is 5.75 Å². The number of nitrogens with zero attached hydrogens (tertiary/aromatic N) is 1. The number of halogens is 1. The topological polar surface area (TPSA) is 46.6 Å². The van der Waals surface area contributed by atoms with Crippen LogP contribution in [-0.4, -0.2) is 34.6 Å². The zero-order valence-electron chi connectivity index (χ0n) is 10.5. The van der Waals surface area contributed by atoms with Crippen molar-refractivity contribution in [2.75, 3.05) is 7.11 Å². The maximum atomic E-state index is 12.2. The molecule has 2 fully saturated rings. The molecule has 1 heterocycles. The molecule has 3 atom stereocenters. The van der Waals surface area contributed by atoms with E-state index in [4.69, 9.17) is 4.74 Å². The van der Waals surface area contributed by atoms with Crippen LogP contribution in [0.15, 0.2) is 24.3 Å². The number of benzene rings is 1. The van der Waals surface area contributed by atoms with Crippen molar-refractivity contribution in [3.63, 3.8) is 0 Å². The molecule has 19 heavy (non-hydrogen) atoms. The molecule has 2 bridgehead atoms. The summed E-state index contributed by atoms with van der Waals surface area (Å²) in [6, 6.07) is 7.28. The summed E-state index contributed by atoms with van der Waals surface area (Å²) in [5.74, 6) is 0.866. The van der Waals surface area contributed by atoms with E-state index in [-0.39, 0.29) is 28.5 Å². The van der Waals surface area contributed by atoms with E-state index in [2.05, 4.69) is 15.9 Å². The van der Waals surface area contributed by atoms with Crippen molar-refractivity contribution in [3.8, 4) is 5.75 Å². The number of hydrogen-bond acceptors (Lipinski definition) is 3. The van der Waals surface area contributed by atoms with Crippen LogP contribution in [0.4, 0.5) is 0 Å². The molecular weight excluding hydrogens is 310 g/mol. The van der Waals surface area contributed by atoms with E-state index in [0.717, 1.165) is 11.3 Å². The van der Waals surface area contributed by atoms with E-state index in [1.807, 2.05) is 24.3 Å². The van der Waals surface area contributed by atoms with E-state index >= 15 is 0 Å². The fourth-order valence-corrected chi connectivity index (χ4v) is 3.86. The van der Waals surface area contributed by atoms with Crippen LogP contribution >= 0.6 is 15.9 Å². The van der Waals surface area contributed by atoms with E-state index in [0.29, 0.717) is 13.0 Å². The average Bonchev–Trinajstić information content (AvgIpc) is 2.82. The second-order valence-electron chi connectivity index (χ2n) is 4.98. The number of piperidine rings is 1. The van der Waals surface area contributed by atoms with Crippen LogP contribution < -0.4 is 4.74 Å². The molecule has 0 aromatic heterocycles. The minimum Gasteiger partial charge on any atom is -0.497 e. The Balaban J connectivity index is 1.79. The molecular formula is C14H14BrNO3. The number of carbonyl (C=O) groups excluding carboxylic acids is 2. The van der Waals surface area contributed by atoms with Gasteiger partial charge in [0.25, 0.3) is 0 Å². The monoisotopic (exact) mass is 323 g/mol. The van der Waals surface area contributed by atoms with Crippen LogP contribution in [-0.2, 0) is 16.1 Å². The van der Waals surface area contributed by atoms with Crippen molar-refractivity contribution in [1.82, 2.24) is 4.90 Å². The number of hydrogen-bond donors (Lipinski definition) is 0. The first-order valence-corrected chi connectivity index (χ1v) is 7.13. The SMILES string of the molecule is COc1ccc(CN2C(=O)[C@H]3CC(=O)[C@@H]2C3Br)cc1. The van der Waals surface area contributed by atoms with E-state index in [1.165, 1.54) is 0 Å². The van der Waals surface area contributed by atoms with Gasteiger partial charge in [-0.25, -0.2) is 0 Å². The second-order valence-corrected chi connectivity index (χ2v) is 6.04. The lowest BCUT2D eigenvalue weighted by atomic mass is 10.1. The summed E-state index contributed by atoms with van der Waals surface area (Å²) in [5.41, 5.74) is 1.01. The van der Waals surface area contributed by atoms with Gasteiger partial charge >= 0.3 is 0 Å². The molecule has 100 valence electrons. The highest BCUT2D eigenvalue weighted by Gasteiger charge is 2.56. The maximum Gasteiger partial charge on any atom is 0.228 e. The third-order valence-electron chi connectivity index (χ3n) is 3.89. The Morgan fingerprint density at radius 3 is 2.58 bits per heavy atom. The summed E-state index contributed by atoms with van der Waals surface area (Å²) in [7, 11) is 1.62. The fourth-order valence-electron chi connectivity index (χ4n) is 2.87. The predicted molar refractivity (Wildman–Crippen MR) is 73.2 cm³/mol. The maximum absolute atomic E-state index is 12.2. The van der Waals surface area contributed by atoms with Gasteiger partial charge in [-0.15, -0.1) is 0 Å². The highest BCUT2D eigenvalue weighted by molar-refractivity contribution is 9.09. The lowest BCUT2D eigenvalue weighted by molar-refractivity contribution is -0.141. The smallest absolute Gasteiger partial charge is 0.228 e. The molecule has 3 rings (SSSR count). The highest BCUT2D eigenvalue weighted by Crippen LogP contribution is 2.41. The average molecular weight is 324 g/mol. The van der Waals surface area contributed by atoms with Crippen LogP contribution in [0.2, 0.25) is 0 Å². The molecule has 1 unspecified atom stereocenters. The summed E-state index contributed by atoms with van der Waals surface area (Å²) < 4.78 is 5.10. The van der Waals surface area contributed by atoms with Gasteiger partial charge in [0.05, 0.1) is 17.9 Å². The molecule has 1 aliphatic heterocycles. The molecule has 1 amide bonds. The first kappa shape index (κ1) is 12.7. The lowest BCUT2D eigenvalue weighted by Crippen LogP contribution is -2.42. The van der Waals surface area contributed by atoms with E-state index < -0.39 is 0 Å². The highest BCUT2D eigenvalue weighted by atomic mass is 79.9. The quantitative estimate of drug-likeness (QED) is 0.796. The Morgan fingerprint density at radius 2 is 2.00 bits per heavy atom. The van der Waals surface area contributed by atoms with Gasteiger partial charge in [-0.2, -0.15) is 0 Å². The molecule has 1 aliphatic carbocycles. The molecule has 5 heteroatoms. The summed E-state index contributed by atoms with van der Waals surface area (Å²) in [6.07, 6.45) is 0.387. The van der Waals surface area contributed by atoms with Crippen LogP contribution in [0.25, 0.3) is 0 Å². The zero-order chi connectivity index (χ0) is 13.6. The van der Waals surface area contributed by atoms with Gasteiger partial charge in [0.1, 0.15) is 11.8 Å². The Labute approximate surface area is 119 Å². The largest absolute Gasteiger partial charge is 0.497 e. The molecule has 1 saturated carbocycles. The number of Topliss-reactive ketones (excluding diaryl/α,β-unsaturated/α-hetero) is 1. The number of likely N-dealkylation sites (tertiary alicyclic amines) is 1. The molecule has 1 aromatic rings. The van der Waals surface area contributed by atoms with Gasteiger partial charge in [0.15, 0.2) is 5.78 Å². The predicted octanol–water partition coefficient (Wildman–Crippen LogP) is 1.76. The van der Waals surface area contributed by atoms with Gasteiger partial charge in [0.2, 0.25) is 5.91 Å². The number of methoxy groups -OCH3 is 1. The third kappa shape index (κ3) is 1.96. The summed E-state index contributed by atoms with van der Waals surface area (Å²) in [5, 5.41) is 0. The number of fused-ring (bicyclic) bond motifs is 2. The fraction of sp³-hybridized carbons (Fsp3) is 0.429. The minimum atomic E-state index is -0.292. The molecule has 1 saturated heterocycles. The Hall–Kier alpha value is -1.36. The second kappa shape index (κ2) is 4.63. The van der Waals surface area contributed by atoms with Crippen molar-refractivity contribution in [3.05, 3.63) is 29.8 Å². The molecule has 4 nitrogen and oxygen atoms in total. The van der Waals surface area contributed by atoms with E-state index in [1.54, 1.807) is 12.0 Å². The number of amides is 1. The van der Waals surface area contributed by atoms with Crippen LogP contribution in [0.3, 0.4) is 0 Å². The first-order valence-electron chi connectivity index (χ1n) is 6.22. The van der Waals surface area contributed by atoms with Crippen molar-refractivity contribution < 1.29 is 14.3 Å². The summed E-state index contributed by atoms with van der Waals surface area (Å²) in [4.78, 5) is 25.7. The Kier molecular flexibility index (Phi) is 3.09. The lowest BCUT2D eigenvalue weighted by Gasteiger charge is -2.26. The number of ketones is 1. The molecule has 0 radical (unpaired) electrons. The van der Waals surface area contributed by atoms with Gasteiger partial charge in [-0.1, -0.05) is 28.1 Å². The number of alkyl halides is 1. The normalized spacial score (nSPS) is 29.2. The summed E-state index contributed by atoms with van der Waals surface area (Å²) >= 11 is 3.49. The van der Waals surface area contributed by atoms with Gasteiger partial charge in [0, 0.05) is 13.0 Å². The van der Waals surface area contributed by atoms with E-state index in [9.17, 15) is 9.59 Å². The van der Waals surface area contributed by atoms with Crippen LogP contribution in [0, 0.1) is 5.92 Å². The van der Waals surface area contributed by atoms with Crippen molar-refractivity contribution in [2.24, 2.45) is 5.92 Å². The van der Waals surface area contributed by atoms with Gasteiger partial charge < -0.3 is 9.64 Å². The van der Waals surface area contributed by atoms with Crippen LogP contribution in [0.1, 0.15) is 12.0 Å². The number of ether oxygens (including phenoxy) is 1. The minimum absolute atomic E-state index is 0.0225. The molecule has 2 aliphatic rings. The van der Waals surface area contributed by atoms with Crippen molar-refractivity contribution >= 4 is 27.6 Å². The van der Waals surface area contributed by atoms with Gasteiger partial charge in [-0.3, -0.25) is 9.59 Å². The first-order chi connectivity index (χ1) is 9.11. The Bertz CT molecular complexity index is 528. The molecule has 0 N–H and O–H groups in total. The Morgan fingerprint density at radius 1 is 1.32 bits per heavy atom. The standard InChI is InChI=1S/C14H14BrNO3/c1-19-9-4-2-8(3-5-9)7-16-13-11(17)6-10(12(13)15)14(16)18/h2-5,10,12-13H,6-7H2,1H3/t10-,12?,13+/m0/s1. The summed E-state index contributed by atoms with van der Waals surface area (Å²) in [6.45, 7) is 0.484. The number of rotatable bonds is 3. The molecule has 1 aromatic carbocycles. The van der Waals surface area contributed by atoms with Gasteiger partial charge in [-0.05, 0) is 17.7 Å². The zero-order valence-corrected chi connectivity index (χ0v) is 12.1. The molecule has 0 spiro atoms. The van der Waals surface area contributed by atoms with Crippen molar-refractivity contribution in [2.45, 2.75) is 23.8 Å². The van der Waals surface area contributed by atoms with Crippen molar-refractivity contribution in [1.29, 1.82) is 0 Å². The number of carbonyl (C=O) groups is 2. The third-order valence-corrected chi connectivity index (χ3v) is 5.02.